The molecule has 0 bridgehead atoms. The molecule has 0 amide bonds. The maximum absolute atomic E-state index is 14.0. The van der Waals surface area contributed by atoms with Crippen LogP contribution in [0.1, 0.15) is 5.56 Å². The lowest BCUT2D eigenvalue weighted by Gasteiger charge is -2.17. The summed E-state index contributed by atoms with van der Waals surface area (Å²) in [6, 6.07) is 3.49. The Morgan fingerprint density at radius 1 is 0.952 bits per heavy atom. The van der Waals surface area contributed by atoms with E-state index in [1.807, 2.05) is 0 Å². The van der Waals surface area contributed by atoms with Crippen molar-refractivity contribution in [2.24, 2.45) is 0 Å². The quantitative estimate of drug-likeness (QED) is 0.713. The zero-order chi connectivity index (χ0) is 14.7. The number of aromatic nitrogens is 6. The molecule has 0 fully saturated rings. The van der Waals surface area contributed by atoms with E-state index in [4.69, 9.17) is 0 Å². The third-order valence-corrected chi connectivity index (χ3v) is 2.95. The van der Waals surface area contributed by atoms with Crippen molar-refractivity contribution < 1.29 is 8.78 Å². The highest BCUT2D eigenvalue weighted by Crippen LogP contribution is 2.22. The zero-order valence-electron chi connectivity index (χ0n) is 10.9. The minimum Gasteiger partial charge on any atom is -0.252 e. The van der Waals surface area contributed by atoms with Crippen LogP contribution in [0.25, 0.3) is 0 Å². The molecule has 2 heterocycles. The fourth-order valence-electron chi connectivity index (χ4n) is 2.02. The minimum absolute atomic E-state index is 0.322. The van der Waals surface area contributed by atoms with Crippen molar-refractivity contribution in [3.05, 3.63) is 66.6 Å². The largest absolute Gasteiger partial charge is 0.252 e. The molecule has 0 aliphatic carbocycles. The van der Waals surface area contributed by atoms with E-state index in [0.29, 0.717) is 24.6 Å². The summed E-state index contributed by atoms with van der Waals surface area (Å²) in [6.45, 7) is 0.644. The van der Waals surface area contributed by atoms with Crippen molar-refractivity contribution in [1.82, 2.24) is 29.5 Å². The van der Waals surface area contributed by atoms with Gasteiger partial charge < -0.3 is 0 Å². The highest BCUT2D eigenvalue weighted by atomic mass is 19.1. The van der Waals surface area contributed by atoms with E-state index in [9.17, 15) is 8.78 Å². The lowest BCUT2D eigenvalue weighted by molar-refractivity contribution is 0.523. The van der Waals surface area contributed by atoms with Crippen molar-refractivity contribution in [3.63, 3.8) is 0 Å². The molecule has 2 aromatic heterocycles. The van der Waals surface area contributed by atoms with Gasteiger partial charge >= 0.3 is 0 Å². The number of nitrogens with zero attached hydrogens (tertiary/aromatic N) is 6. The lowest BCUT2D eigenvalue weighted by atomic mass is 9.98. The zero-order valence-corrected chi connectivity index (χ0v) is 10.9. The molecule has 0 atom stereocenters. The van der Waals surface area contributed by atoms with Crippen LogP contribution < -0.4 is 0 Å². The first-order valence-corrected chi connectivity index (χ1v) is 6.17. The van der Waals surface area contributed by atoms with Crippen LogP contribution in [0.2, 0.25) is 0 Å². The van der Waals surface area contributed by atoms with E-state index < -0.39 is 11.6 Å². The Labute approximate surface area is 119 Å². The van der Waals surface area contributed by atoms with Gasteiger partial charge in [0.2, 0.25) is 0 Å². The Morgan fingerprint density at radius 2 is 1.57 bits per heavy atom. The van der Waals surface area contributed by atoms with E-state index in [2.05, 4.69) is 20.2 Å². The summed E-state index contributed by atoms with van der Waals surface area (Å²) in [7, 11) is 0. The van der Waals surface area contributed by atoms with Gasteiger partial charge in [0.15, 0.2) is 0 Å². The Balaban J connectivity index is 1.90. The highest BCUT2D eigenvalue weighted by molar-refractivity contribution is 5.32. The van der Waals surface area contributed by atoms with Crippen molar-refractivity contribution in [2.75, 3.05) is 0 Å². The second-order valence-electron chi connectivity index (χ2n) is 4.41. The number of rotatable bonds is 5. The average Bonchev–Trinajstić information content (AvgIpc) is 3.11. The normalized spacial score (nSPS) is 11.2. The van der Waals surface area contributed by atoms with Gasteiger partial charge in [0, 0.05) is 6.07 Å². The third kappa shape index (κ3) is 3.10. The third-order valence-electron chi connectivity index (χ3n) is 2.95. The monoisotopic (exact) mass is 289 g/mol. The van der Waals surface area contributed by atoms with Crippen LogP contribution in [-0.4, -0.2) is 29.5 Å². The van der Waals surface area contributed by atoms with Gasteiger partial charge in [-0.05, 0) is 11.6 Å². The molecule has 0 saturated heterocycles. The smallest absolute Gasteiger partial charge is 0.137 e. The summed E-state index contributed by atoms with van der Waals surface area (Å²) in [4.78, 5) is 7.70. The van der Waals surface area contributed by atoms with Crippen molar-refractivity contribution in [2.45, 2.75) is 13.1 Å². The topological polar surface area (TPSA) is 61.4 Å². The van der Waals surface area contributed by atoms with Gasteiger partial charge in [0.05, 0.1) is 19.0 Å². The first-order chi connectivity index (χ1) is 10.2. The van der Waals surface area contributed by atoms with Crippen molar-refractivity contribution in [3.8, 4) is 0 Å². The molecule has 1 aromatic carbocycles. The highest BCUT2D eigenvalue weighted by Gasteiger charge is 2.19. The van der Waals surface area contributed by atoms with E-state index in [-0.39, 0.29) is 0 Å². The summed E-state index contributed by atoms with van der Waals surface area (Å²) in [5, 5.41) is 8.00. The number of hydrogen-bond donors (Lipinski definition) is 0. The van der Waals surface area contributed by atoms with Crippen LogP contribution in [0.4, 0.5) is 8.78 Å². The molecule has 0 N–H and O–H groups in total. The number of halogens is 2. The van der Waals surface area contributed by atoms with Crippen LogP contribution in [0.15, 0.2) is 43.5 Å². The molecule has 21 heavy (non-hydrogen) atoms. The second-order valence-corrected chi connectivity index (χ2v) is 4.41. The first kappa shape index (κ1) is 13.3. The first-order valence-electron chi connectivity index (χ1n) is 6.17. The van der Waals surface area contributed by atoms with Gasteiger partial charge in [0.25, 0.3) is 0 Å². The van der Waals surface area contributed by atoms with Crippen LogP contribution in [0.3, 0.4) is 0 Å². The fourth-order valence-corrected chi connectivity index (χ4v) is 2.02. The van der Waals surface area contributed by atoms with Crippen LogP contribution in [0.5, 0.6) is 0 Å². The summed E-state index contributed by atoms with van der Waals surface area (Å²) >= 11 is 0. The standard InChI is InChI=1S/C13H11F2N6/c14-11-1-2-12(13(15)3-11)10(4-20-8-16-6-18-20)5-21-9-17-7-19-21/h1-3,6-9H,4-5H2. The summed E-state index contributed by atoms with van der Waals surface area (Å²) in [6.07, 6.45) is 5.85. The Bertz CT molecular complexity index is 659. The molecule has 0 unspecified atom stereocenters. The number of benzene rings is 1. The molecule has 0 saturated carbocycles. The molecule has 107 valence electrons. The fraction of sp³-hybridized carbons (Fsp3) is 0.154. The predicted molar refractivity (Wildman–Crippen MR) is 68.7 cm³/mol. The van der Waals surface area contributed by atoms with Gasteiger partial charge in [-0.1, -0.05) is 6.07 Å². The predicted octanol–water partition coefficient (Wildman–Crippen LogP) is 1.47. The molecular weight excluding hydrogens is 278 g/mol. The Morgan fingerprint density at radius 3 is 2.05 bits per heavy atom. The van der Waals surface area contributed by atoms with Gasteiger partial charge in [-0.2, -0.15) is 10.2 Å². The van der Waals surface area contributed by atoms with Gasteiger partial charge in [-0.15, -0.1) is 0 Å². The maximum atomic E-state index is 14.0. The maximum Gasteiger partial charge on any atom is 0.137 e. The summed E-state index contributed by atoms with van der Waals surface area (Å²) < 4.78 is 30.2. The molecular formula is C13H11F2N6. The summed E-state index contributed by atoms with van der Waals surface area (Å²) in [5.41, 5.74) is 0.322. The van der Waals surface area contributed by atoms with Crippen molar-refractivity contribution in [1.29, 1.82) is 0 Å². The summed E-state index contributed by atoms with van der Waals surface area (Å²) in [5.74, 6) is -0.550. The van der Waals surface area contributed by atoms with Crippen molar-refractivity contribution >= 4 is 0 Å². The molecule has 0 aliphatic heterocycles. The van der Waals surface area contributed by atoms with Gasteiger partial charge in [-0.3, -0.25) is 9.36 Å². The minimum atomic E-state index is -0.620. The molecule has 1 radical (unpaired) electrons. The second kappa shape index (κ2) is 5.78. The van der Waals surface area contributed by atoms with E-state index in [1.54, 1.807) is 9.36 Å². The molecule has 0 aliphatic rings. The SMILES string of the molecule is Fc1ccc([C](Cn2cncn2)Cn2cncn2)c(F)c1. The molecule has 3 aromatic rings. The number of hydrogen-bond acceptors (Lipinski definition) is 4. The van der Waals surface area contributed by atoms with Crippen LogP contribution in [0, 0.1) is 17.6 Å². The van der Waals surface area contributed by atoms with Gasteiger partial charge in [0.1, 0.15) is 36.9 Å². The van der Waals surface area contributed by atoms with Gasteiger partial charge in [-0.25, -0.2) is 18.7 Å². The lowest BCUT2D eigenvalue weighted by Crippen LogP contribution is -2.18. The Hall–Kier alpha value is -2.64. The van der Waals surface area contributed by atoms with Crippen LogP contribution >= 0.6 is 0 Å². The van der Waals surface area contributed by atoms with E-state index in [1.165, 1.54) is 37.4 Å². The Kier molecular flexibility index (Phi) is 3.67. The van der Waals surface area contributed by atoms with E-state index in [0.717, 1.165) is 6.07 Å². The average molecular weight is 289 g/mol. The molecule has 0 spiro atoms. The van der Waals surface area contributed by atoms with E-state index >= 15 is 0 Å². The molecule has 8 heteroatoms. The van der Waals surface area contributed by atoms with Crippen LogP contribution in [-0.2, 0) is 13.1 Å². The molecule has 3 rings (SSSR count). The molecule has 6 nitrogen and oxygen atoms in total.